The van der Waals surface area contributed by atoms with E-state index in [1.807, 2.05) is 0 Å². The molecule has 0 aromatic carbocycles. The van der Waals surface area contributed by atoms with Crippen molar-refractivity contribution in [3.63, 3.8) is 0 Å². The second kappa shape index (κ2) is 2.69. The van der Waals surface area contributed by atoms with Crippen molar-refractivity contribution in [2.24, 2.45) is 15.9 Å². The van der Waals surface area contributed by atoms with E-state index in [1.165, 1.54) is 20.8 Å². The Morgan fingerprint density at radius 3 is 1.73 bits per heavy atom. The third-order valence-electron chi connectivity index (χ3n) is 0.999. The van der Waals surface area contributed by atoms with Gasteiger partial charge in [-0.2, -0.15) is 0 Å². The monoisotopic (exact) mass is 179 g/mol. The predicted octanol–water partition coefficient (Wildman–Crippen LogP) is -0.612. The van der Waals surface area contributed by atoms with Gasteiger partial charge < -0.3 is 11.5 Å². The zero-order valence-electron chi connectivity index (χ0n) is 6.83. The van der Waals surface area contributed by atoms with Crippen LogP contribution >= 0.6 is 0 Å². The van der Waals surface area contributed by atoms with Crippen LogP contribution in [0.15, 0.2) is 4.40 Å². The minimum absolute atomic E-state index is 0.431. The topological polar surface area (TPSA) is 98.5 Å². The van der Waals surface area contributed by atoms with Crippen molar-refractivity contribution >= 4 is 16.0 Å². The number of nitrogens with zero attached hydrogens (tertiary/aromatic N) is 1. The molecule has 0 saturated heterocycles. The summed E-state index contributed by atoms with van der Waals surface area (Å²) < 4.78 is 24.4. The van der Waals surface area contributed by atoms with E-state index >= 15 is 0 Å². The van der Waals surface area contributed by atoms with Gasteiger partial charge in [0.15, 0.2) is 0 Å². The lowest BCUT2D eigenvalue weighted by Gasteiger charge is -2.14. The molecular formula is C5H13N3O2S. The van der Waals surface area contributed by atoms with Gasteiger partial charge in [0.25, 0.3) is 10.0 Å². The van der Waals surface area contributed by atoms with Gasteiger partial charge in [0.05, 0.1) is 4.75 Å². The minimum Gasteiger partial charge on any atom is -0.369 e. The molecule has 0 unspecified atom stereocenters. The highest BCUT2D eigenvalue weighted by atomic mass is 32.2. The Balaban J connectivity index is 4.95. The summed E-state index contributed by atoms with van der Waals surface area (Å²) in [7, 11) is -3.56. The van der Waals surface area contributed by atoms with E-state index in [0.717, 1.165) is 0 Å². The van der Waals surface area contributed by atoms with Gasteiger partial charge in [-0.15, -0.1) is 4.40 Å². The molecule has 0 atom stereocenters. The van der Waals surface area contributed by atoms with Gasteiger partial charge in [-0.3, -0.25) is 0 Å². The summed E-state index contributed by atoms with van der Waals surface area (Å²) >= 11 is 0. The second-order valence-corrected chi connectivity index (χ2v) is 5.46. The standard InChI is InChI=1S/C5H13N3O2S/c1-5(2,3)11(9,10)8-4(6)7/h1-3H3,(H4,6,7,8). The summed E-state index contributed by atoms with van der Waals surface area (Å²) in [4.78, 5) is 0. The van der Waals surface area contributed by atoms with E-state index < -0.39 is 20.7 Å². The van der Waals surface area contributed by atoms with Crippen LogP contribution in [-0.4, -0.2) is 19.1 Å². The largest absolute Gasteiger partial charge is 0.369 e. The number of sulfonamides is 1. The summed E-state index contributed by atoms with van der Waals surface area (Å²) in [6.45, 7) is 4.57. The maximum Gasteiger partial charge on any atom is 0.261 e. The second-order valence-electron chi connectivity index (χ2n) is 3.10. The van der Waals surface area contributed by atoms with Crippen molar-refractivity contribution in [1.82, 2.24) is 0 Å². The third-order valence-corrected chi connectivity index (χ3v) is 3.00. The molecule has 0 radical (unpaired) electrons. The fourth-order valence-electron chi connectivity index (χ4n) is 0.276. The van der Waals surface area contributed by atoms with Crippen LogP contribution < -0.4 is 11.5 Å². The first-order valence-corrected chi connectivity index (χ1v) is 4.46. The zero-order chi connectivity index (χ0) is 9.28. The lowest BCUT2D eigenvalue weighted by molar-refractivity contribution is 0.562. The molecule has 0 aliphatic carbocycles. The van der Waals surface area contributed by atoms with E-state index in [4.69, 9.17) is 11.5 Å². The van der Waals surface area contributed by atoms with E-state index in [0.29, 0.717) is 0 Å². The van der Waals surface area contributed by atoms with Gasteiger partial charge in [-0.25, -0.2) is 8.42 Å². The van der Waals surface area contributed by atoms with Crippen LogP contribution in [0.25, 0.3) is 0 Å². The fraction of sp³-hybridized carbons (Fsp3) is 0.800. The molecular weight excluding hydrogens is 166 g/mol. The SMILES string of the molecule is CC(C)(C)S(=O)(=O)N=C(N)N. The highest BCUT2D eigenvalue weighted by molar-refractivity contribution is 7.91. The highest BCUT2D eigenvalue weighted by Crippen LogP contribution is 2.16. The predicted molar refractivity (Wildman–Crippen MR) is 44.5 cm³/mol. The zero-order valence-corrected chi connectivity index (χ0v) is 7.64. The van der Waals surface area contributed by atoms with Crippen molar-refractivity contribution < 1.29 is 8.42 Å². The normalized spacial score (nSPS) is 12.6. The Kier molecular flexibility index (Phi) is 2.50. The third kappa shape index (κ3) is 2.75. The summed E-state index contributed by atoms with van der Waals surface area (Å²) in [6.07, 6.45) is 0. The number of nitrogens with two attached hydrogens (primary N) is 2. The maximum absolute atomic E-state index is 11.1. The molecule has 0 heterocycles. The van der Waals surface area contributed by atoms with Crippen molar-refractivity contribution in [3.8, 4) is 0 Å². The van der Waals surface area contributed by atoms with E-state index in [9.17, 15) is 8.42 Å². The van der Waals surface area contributed by atoms with Crippen molar-refractivity contribution in [2.45, 2.75) is 25.5 Å². The molecule has 0 saturated carbocycles. The Morgan fingerprint density at radius 2 is 1.64 bits per heavy atom. The molecule has 6 heteroatoms. The van der Waals surface area contributed by atoms with Gasteiger partial charge in [0, 0.05) is 0 Å². The van der Waals surface area contributed by atoms with Crippen LogP contribution in [0.4, 0.5) is 0 Å². The molecule has 0 spiro atoms. The van der Waals surface area contributed by atoms with Crippen LogP contribution in [0, 0.1) is 0 Å². The van der Waals surface area contributed by atoms with Crippen molar-refractivity contribution in [1.29, 1.82) is 0 Å². The van der Waals surface area contributed by atoms with Gasteiger partial charge in [-0.05, 0) is 20.8 Å². The number of hydrogen-bond acceptors (Lipinski definition) is 2. The van der Waals surface area contributed by atoms with Crippen LogP contribution in [0.2, 0.25) is 0 Å². The van der Waals surface area contributed by atoms with Crippen molar-refractivity contribution in [3.05, 3.63) is 0 Å². The van der Waals surface area contributed by atoms with E-state index in [1.54, 1.807) is 0 Å². The molecule has 0 aromatic heterocycles. The number of hydrogen-bond donors (Lipinski definition) is 2. The molecule has 66 valence electrons. The van der Waals surface area contributed by atoms with E-state index in [2.05, 4.69) is 4.40 Å². The Hall–Kier alpha value is -0.780. The molecule has 0 aliphatic heterocycles. The van der Waals surface area contributed by atoms with Gasteiger partial charge in [-0.1, -0.05) is 0 Å². The lowest BCUT2D eigenvalue weighted by Crippen LogP contribution is -2.31. The van der Waals surface area contributed by atoms with E-state index in [-0.39, 0.29) is 0 Å². The average molecular weight is 179 g/mol. The summed E-state index contributed by atoms with van der Waals surface area (Å²) in [5.74, 6) is -0.431. The van der Waals surface area contributed by atoms with Crippen LogP contribution in [-0.2, 0) is 10.0 Å². The molecule has 4 N–H and O–H groups in total. The lowest BCUT2D eigenvalue weighted by atomic mass is 10.3. The van der Waals surface area contributed by atoms with Crippen LogP contribution in [0.3, 0.4) is 0 Å². The Labute approximate surface area is 66.5 Å². The molecule has 0 amide bonds. The minimum atomic E-state index is -3.56. The number of rotatable bonds is 1. The smallest absolute Gasteiger partial charge is 0.261 e. The molecule has 11 heavy (non-hydrogen) atoms. The molecule has 0 aromatic rings. The summed E-state index contributed by atoms with van der Waals surface area (Å²) in [5, 5.41) is 0. The average Bonchev–Trinajstić information content (AvgIpc) is 1.56. The van der Waals surface area contributed by atoms with Crippen LogP contribution in [0.5, 0.6) is 0 Å². The Morgan fingerprint density at radius 1 is 1.27 bits per heavy atom. The first kappa shape index (κ1) is 10.2. The highest BCUT2D eigenvalue weighted by Gasteiger charge is 2.28. The van der Waals surface area contributed by atoms with Crippen molar-refractivity contribution in [2.75, 3.05) is 0 Å². The summed E-state index contributed by atoms with van der Waals surface area (Å²) in [5.41, 5.74) is 9.85. The molecule has 0 aliphatic rings. The van der Waals surface area contributed by atoms with Crippen LogP contribution in [0.1, 0.15) is 20.8 Å². The molecule has 0 bridgehead atoms. The molecule has 0 rings (SSSR count). The first-order valence-electron chi connectivity index (χ1n) is 3.02. The van der Waals surface area contributed by atoms with Gasteiger partial charge in [0.1, 0.15) is 0 Å². The number of guanidine groups is 1. The maximum atomic E-state index is 11.1. The Bertz CT molecular complexity index is 256. The molecule has 5 nitrogen and oxygen atoms in total. The molecule has 0 fully saturated rings. The first-order chi connectivity index (χ1) is 4.67. The van der Waals surface area contributed by atoms with Gasteiger partial charge in [0.2, 0.25) is 5.96 Å². The quantitative estimate of drug-likeness (QED) is 0.414. The summed E-state index contributed by atoms with van der Waals surface area (Å²) in [6, 6.07) is 0. The van der Waals surface area contributed by atoms with Gasteiger partial charge >= 0.3 is 0 Å². The fourth-order valence-corrected chi connectivity index (χ4v) is 0.827.